The highest BCUT2D eigenvalue weighted by Crippen LogP contribution is 1.84. The van der Waals surface area contributed by atoms with Gasteiger partial charge >= 0.3 is 0 Å². The van der Waals surface area contributed by atoms with Crippen molar-refractivity contribution in [3.05, 3.63) is 22.6 Å². The average Bonchev–Trinajstić information content (AvgIpc) is 1.82. The first-order valence-corrected chi connectivity index (χ1v) is 2.83. The maximum atomic E-state index is 10.9. The molecule has 0 aliphatic heterocycles. The van der Waals surface area contributed by atoms with Gasteiger partial charge in [0, 0.05) is 7.05 Å². The number of hydrogen-bond donors (Lipinski definition) is 1. The second kappa shape index (κ2) is 2.21. The van der Waals surface area contributed by atoms with E-state index in [1.807, 2.05) is 0 Å². The largest absolute Gasteiger partial charge is 0.394 e. The van der Waals surface area contributed by atoms with Gasteiger partial charge in [-0.05, 0) is 12.3 Å². The lowest BCUT2D eigenvalue weighted by Gasteiger charge is -1.99. The molecule has 0 bridgehead atoms. The minimum Gasteiger partial charge on any atom is -0.394 e. The molecule has 0 unspecified atom stereocenters. The summed E-state index contributed by atoms with van der Waals surface area (Å²) >= 11 is 0. The predicted octanol–water partition coefficient (Wildman–Crippen LogP) is -1.24. The van der Waals surface area contributed by atoms with E-state index >= 15 is 0 Å². The number of aryl methyl sites for hydroxylation is 1. The first-order valence-electron chi connectivity index (χ1n) is 2.83. The highest BCUT2D eigenvalue weighted by Gasteiger charge is 1.95. The van der Waals surface area contributed by atoms with Crippen molar-refractivity contribution in [2.24, 2.45) is 7.05 Å². The van der Waals surface area contributed by atoms with Crippen LogP contribution in [0.25, 0.3) is 0 Å². The van der Waals surface area contributed by atoms with Gasteiger partial charge < -0.3 is 10.3 Å². The van der Waals surface area contributed by atoms with Gasteiger partial charge in [0.15, 0.2) is 0 Å². The minimum atomic E-state index is -0.214. The van der Waals surface area contributed by atoms with E-state index in [1.54, 1.807) is 7.05 Å². The summed E-state index contributed by atoms with van der Waals surface area (Å²) in [4.78, 5) is 10.9. The summed E-state index contributed by atoms with van der Waals surface area (Å²) < 4.78 is 1.35. The second-order valence-corrected chi connectivity index (χ2v) is 2.14. The van der Waals surface area contributed by atoms with Gasteiger partial charge in [-0.3, -0.25) is 4.79 Å². The maximum absolute atomic E-state index is 10.9. The molecule has 0 fully saturated rings. The van der Waals surface area contributed by atoms with Crippen LogP contribution in [0.5, 0.6) is 0 Å². The SMILES string of the molecule is [B]c1cc(N)c(=O)n(C)c1. The number of anilines is 1. The quantitative estimate of drug-likeness (QED) is 0.451. The van der Waals surface area contributed by atoms with Crippen molar-refractivity contribution in [1.82, 2.24) is 4.57 Å². The third-order valence-corrected chi connectivity index (χ3v) is 1.23. The molecule has 3 nitrogen and oxygen atoms in total. The fourth-order valence-corrected chi connectivity index (χ4v) is 0.764. The van der Waals surface area contributed by atoms with Crippen LogP contribution in [-0.2, 0) is 7.05 Å². The second-order valence-electron chi connectivity index (χ2n) is 2.14. The Hall–Kier alpha value is -1.19. The van der Waals surface area contributed by atoms with Crippen molar-refractivity contribution in [1.29, 1.82) is 0 Å². The number of nitrogen functional groups attached to an aromatic ring is 1. The van der Waals surface area contributed by atoms with E-state index in [0.29, 0.717) is 5.46 Å². The van der Waals surface area contributed by atoms with Crippen LogP contribution in [-0.4, -0.2) is 12.4 Å². The molecule has 1 rings (SSSR count). The van der Waals surface area contributed by atoms with Crippen LogP contribution in [0.1, 0.15) is 0 Å². The lowest BCUT2D eigenvalue weighted by Crippen LogP contribution is -2.24. The first-order chi connectivity index (χ1) is 4.61. The topological polar surface area (TPSA) is 48.0 Å². The fraction of sp³-hybridized carbons (Fsp3) is 0.167. The van der Waals surface area contributed by atoms with Crippen molar-refractivity contribution >= 4 is 19.0 Å². The van der Waals surface area contributed by atoms with Crippen molar-refractivity contribution in [3.63, 3.8) is 0 Å². The third kappa shape index (κ3) is 1.05. The lowest BCUT2D eigenvalue weighted by molar-refractivity contribution is 0.869. The number of hydrogen-bond acceptors (Lipinski definition) is 2. The monoisotopic (exact) mass is 134 g/mol. The third-order valence-electron chi connectivity index (χ3n) is 1.23. The average molecular weight is 134 g/mol. The molecular formula is C6H7BN2O. The molecular weight excluding hydrogens is 127 g/mol. The molecule has 0 spiro atoms. The van der Waals surface area contributed by atoms with Crippen LogP contribution in [0.2, 0.25) is 0 Å². The van der Waals surface area contributed by atoms with Crippen molar-refractivity contribution in [2.75, 3.05) is 5.73 Å². The first kappa shape index (κ1) is 6.93. The van der Waals surface area contributed by atoms with E-state index in [0.717, 1.165) is 0 Å². The molecule has 10 heavy (non-hydrogen) atoms. The summed E-state index contributed by atoms with van der Waals surface area (Å²) in [5.74, 6) is 0. The Balaban J connectivity index is 3.46. The van der Waals surface area contributed by atoms with Crippen molar-refractivity contribution in [2.45, 2.75) is 0 Å². The van der Waals surface area contributed by atoms with Gasteiger partial charge in [0.1, 0.15) is 7.85 Å². The van der Waals surface area contributed by atoms with Crippen LogP contribution in [0, 0.1) is 0 Å². The smallest absolute Gasteiger partial charge is 0.273 e. The van der Waals surface area contributed by atoms with Crippen molar-refractivity contribution < 1.29 is 0 Å². The molecule has 0 saturated carbocycles. The van der Waals surface area contributed by atoms with E-state index < -0.39 is 0 Å². The summed E-state index contributed by atoms with van der Waals surface area (Å²) in [5, 5.41) is 0. The number of aromatic nitrogens is 1. The Morgan fingerprint density at radius 3 is 2.80 bits per heavy atom. The summed E-state index contributed by atoms with van der Waals surface area (Å²) in [6.07, 6.45) is 1.53. The van der Waals surface area contributed by atoms with Crippen LogP contribution in [0.4, 0.5) is 5.69 Å². The summed E-state index contributed by atoms with van der Waals surface area (Å²) in [6, 6.07) is 1.45. The molecule has 0 aromatic carbocycles. The number of rotatable bonds is 0. The highest BCUT2D eigenvalue weighted by atomic mass is 16.1. The zero-order valence-corrected chi connectivity index (χ0v) is 5.66. The van der Waals surface area contributed by atoms with E-state index in [4.69, 9.17) is 13.6 Å². The molecule has 0 aliphatic carbocycles. The maximum Gasteiger partial charge on any atom is 0.273 e. The van der Waals surface area contributed by atoms with Gasteiger partial charge in [0.2, 0.25) is 0 Å². The van der Waals surface area contributed by atoms with Crippen LogP contribution in [0.3, 0.4) is 0 Å². The molecule has 1 aromatic heterocycles. The molecule has 1 heterocycles. The van der Waals surface area contributed by atoms with E-state index in [9.17, 15) is 4.79 Å². The molecule has 2 N–H and O–H groups in total. The van der Waals surface area contributed by atoms with E-state index in [2.05, 4.69) is 0 Å². The normalized spacial score (nSPS) is 9.70. The number of pyridine rings is 1. The van der Waals surface area contributed by atoms with Crippen molar-refractivity contribution in [3.8, 4) is 0 Å². The zero-order valence-electron chi connectivity index (χ0n) is 5.66. The molecule has 0 saturated heterocycles. The Labute approximate surface area is 59.9 Å². The van der Waals surface area contributed by atoms with E-state index in [-0.39, 0.29) is 11.2 Å². The predicted molar refractivity (Wildman–Crippen MR) is 41.5 cm³/mol. The van der Waals surface area contributed by atoms with E-state index in [1.165, 1.54) is 16.8 Å². The lowest BCUT2D eigenvalue weighted by atomic mass is 9.98. The van der Waals surface area contributed by atoms with Gasteiger partial charge in [-0.15, -0.1) is 0 Å². The molecule has 0 amide bonds. The summed E-state index contributed by atoms with van der Waals surface area (Å²) in [6.45, 7) is 0. The van der Waals surface area contributed by atoms with Gasteiger partial charge in [0.25, 0.3) is 5.56 Å². The van der Waals surface area contributed by atoms with Gasteiger partial charge in [-0.25, -0.2) is 0 Å². The Bertz CT molecular complexity index is 279. The molecule has 4 heteroatoms. The fourth-order valence-electron chi connectivity index (χ4n) is 0.764. The molecule has 1 aromatic rings. The zero-order chi connectivity index (χ0) is 7.72. The molecule has 2 radical (unpaired) electrons. The van der Waals surface area contributed by atoms with Gasteiger partial charge in [-0.1, -0.05) is 5.46 Å². The summed E-state index contributed by atoms with van der Waals surface area (Å²) in [7, 11) is 6.99. The molecule has 0 atom stereocenters. The standard InChI is InChI=1S/C6H7BN2O/c1-9-3-4(7)2-5(8)6(9)10/h2-3H,8H2,1H3. The van der Waals surface area contributed by atoms with Crippen LogP contribution < -0.4 is 16.8 Å². The molecule has 50 valence electrons. The molecule has 0 aliphatic rings. The van der Waals surface area contributed by atoms with Gasteiger partial charge in [-0.2, -0.15) is 0 Å². The Morgan fingerprint density at radius 2 is 2.30 bits per heavy atom. The Kier molecular flexibility index (Phi) is 1.53. The minimum absolute atomic E-state index is 0.183. The van der Waals surface area contributed by atoms with Crippen LogP contribution >= 0.6 is 0 Å². The highest BCUT2D eigenvalue weighted by molar-refractivity contribution is 6.32. The Morgan fingerprint density at radius 1 is 1.70 bits per heavy atom. The van der Waals surface area contributed by atoms with Crippen LogP contribution in [0.15, 0.2) is 17.1 Å². The van der Waals surface area contributed by atoms with Gasteiger partial charge in [0.05, 0.1) is 5.69 Å². The summed E-state index contributed by atoms with van der Waals surface area (Å²) in [5.41, 5.74) is 5.78. The number of nitrogens with two attached hydrogens (primary N) is 1. The number of nitrogens with zero attached hydrogens (tertiary/aromatic N) is 1.